The van der Waals surface area contributed by atoms with Crippen molar-refractivity contribution < 1.29 is 14.2 Å². The number of rotatable bonds is 6. The summed E-state index contributed by atoms with van der Waals surface area (Å²) in [7, 11) is 1.72. The lowest BCUT2D eigenvalue weighted by Gasteiger charge is -2.23. The Hall–Kier alpha value is -0.940. The van der Waals surface area contributed by atoms with Gasteiger partial charge in [0, 0.05) is 20.2 Å². The molecule has 1 unspecified atom stereocenters. The molecule has 1 saturated heterocycles. The monoisotopic (exact) mass is 251 g/mol. The van der Waals surface area contributed by atoms with Crippen LogP contribution in [0.1, 0.15) is 11.1 Å². The second-order valence-electron chi connectivity index (χ2n) is 4.40. The van der Waals surface area contributed by atoms with Crippen LogP contribution < -0.4 is 5.32 Å². The Kier molecular flexibility index (Phi) is 5.61. The summed E-state index contributed by atoms with van der Waals surface area (Å²) in [6, 6.07) is 8.31. The lowest BCUT2D eigenvalue weighted by atomic mass is 10.1. The van der Waals surface area contributed by atoms with Gasteiger partial charge in [-0.1, -0.05) is 24.3 Å². The van der Waals surface area contributed by atoms with Crippen LogP contribution in [0.15, 0.2) is 24.3 Å². The van der Waals surface area contributed by atoms with Crippen molar-refractivity contribution in [2.45, 2.75) is 19.3 Å². The van der Waals surface area contributed by atoms with Crippen LogP contribution in [0.2, 0.25) is 0 Å². The first-order valence-electron chi connectivity index (χ1n) is 6.36. The summed E-state index contributed by atoms with van der Waals surface area (Å²) in [5.41, 5.74) is 2.50. The normalized spacial score (nSPS) is 19.9. The second kappa shape index (κ2) is 7.48. The third-order valence-electron chi connectivity index (χ3n) is 2.99. The topological polar surface area (TPSA) is 39.7 Å². The van der Waals surface area contributed by atoms with Crippen LogP contribution in [0, 0.1) is 0 Å². The zero-order valence-electron chi connectivity index (χ0n) is 10.9. The van der Waals surface area contributed by atoms with E-state index in [9.17, 15) is 0 Å². The average Bonchev–Trinajstić information content (AvgIpc) is 2.42. The second-order valence-corrected chi connectivity index (χ2v) is 4.40. The van der Waals surface area contributed by atoms with Crippen LogP contribution in [0.5, 0.6) is 0 Å². The highest BCUT2D eigenvalue weighted by atomic mass is 16.6. The highest BCUT2D eigenvalue weighted by Crippen LogP contribution is 2.09. The summed E-state index contributed by atoms with van der Waals surface area (Å²) >= 11 is 0. The van der Waals surface area contributed by atoms with E-state index in [0.29, 0.717) is 26.4 Å². The fourth-order valence-electron chi connectivity index (χ4n) is 2.05. The van der Waals surface area contributed by atoms with Crippen LogP contribution >= 0.6 is 0 Å². The number of ether oxygens (including phenoxy) is 3. The Balaban J connectivity index is 1.78. The molecule has 0 spiro atoms. The first-order chi connectivity index (χ1) is 8.90. The predicted molar refractivity (Wildman–Crippen MR) is 69.4 cm³/mol. The largest absolute Gasteiger partial charge is 0.380 e. The Morgan fingerprint density at radius 1 is 1.28 bits per heavy atom. The zero-order chi connectivity index (χ0) is 12.6. The Morgan fingerprint density at radius 3 is 2.83 bits per heavy atom. The summed E-state index contributed by atoms with van der Waals surface area (Å²) in [5.74, 6) is 0. The zero-order valence-corrected chi connectivity index (χ0v) is 10.9. The maximum Gasteiger partial charge on any atom is 0.0933 e. The van der Waals surface area contributed by atoms with Gasteiger partial charge in [-0.2, -0.15) is 0 Å². The smallest absolute Gasteiger partial charge is 0.0933 e. The quantitative estimate of drug-likeness (QED) is 0.828. The molecular weight excluding hydrogens is 230 g/mol. The first-order valence-corrected chi connectivity index (χ1v) is 6.36. The Bertz CT molecular complexity index is 351. The van der Waals surface area contributed by atoms with Gasteiger partial charge in [0.05, 0.1) is 32.5 Å². The summed E-state index contributed by atoms with van der Waals surface area (Å²) in [6.45, 7) is 4.41. The minimum atomic E-state index is 0.174. The van der Waals surface area contributed by atoms with E-state index in [-0.39, 0.29) is 6.10 Å². The van der Waals surface area contributed by atoms with E-state index in [1.807, 2.05) is 6.07 Å². The maximum atomic E-state index is 5.58. The van der Waals surface area contributed by atoms with E-state index < -0.39 is 0 Å². The molecule has 1 aromatic carbocycles. The fourth-order valence-corrected chi connectivity index (χ4v) is 2.05. The molecule has 2 rings (SSSR count). The Labute approximate surface area is 108 Å². The van der Waals surface area contributed by atoms with Gasteiger partial charge in [-0.05, 0) is 11.1 Å². The summed E-state index contributed by atoms with van der Waals surface area (Å²) in [5, 5.41) is 3.41. The molecule has 0 bridgehead atoms. The number of hydrogen-bond donors (Lipinski definition) is 1. The molecule has 0 radical (unpaired) electrons. The lowest BCUT2D eigenvalue weighted by Crippen LogP contribution is -2.37. The van der Waals surface area contributed by atoms with Crippen molar-refractivity contribution in [1.29, 1.82) is 0 Å². The molecule has 18 heavy (non-hydrogen) atoms. The van der Waals surface area contributed by atoms with Crippen molar-refractivity contribution in [3.63, 3.8) is 0 Å². The minimum absolute atomic E-state index is 0.174. The van der Waals surface area contributed by atoms with Gasteiger partial charge >= 0.3 is 0 Å². The van der Waals surface area contributed by atoms with E-state index in [4.69, 9.17) is 14.2 Å². The number of methoxy groups -OCH3 is 1. The molecule has 4 nitrogen and oxygen atoms in total. The number of hydrogen-bond acceptors (Lipinski definition) is 4. The van der Waals surface area contributed by atoms with Gasteiger partial charge in [-0.15, -0.1) is 0 Å². The minimum Gasteiger partial charge on any atom is -0.380 e. The molecule has 1 fully saturated rings. The van der Waals surface area contributed by atoms with Crippen molar-refractivity contribution in [2.24, 2.45) is 0 Å². The molecule has 1 N–H and O–H groups in total. The molecule has 1 aliphatic rings. The lowest BCUT2D eigenvalue weighted by molar-refractivity contribution is -0.0864. The van der Waals surface area contributed by atoms with Crippen LogP contribution in [0.3, 0.4) is 0 Å². The van der Waals surface area contributed by atoms with E-state index >= 15 is 0 Å². The van der Waals surface area contributed by atoms with Crippen molar-refractivity contribution in [3.05, 3.63) is 35.4 Å². The Morgan fingerprint density at radius 2 is 2.11 bits per heavy atom. The van der Waals surface area contributed by atoms with Crippen molar-refractivity contribution in [1.82, 2.24) is 5.32 Å². The van der Waals surface area contributed by atoms with E-state index in [1.165, 1.54) is 11.1 Å². The SMILES string of the molecule is COCc1ccccc1CNCC1COCCO1. The standard InChI is InChI=1S/C14H21NO3/c1-16-10-13-5-3-2-4-12(13)8-15-9-14-11-17-6-7-18-14/h2-5,14-15H,6-11H2,1H3. The third-order valence-corrected chi connectivity index (χ3v) is 2.99. The van der Waals surface area contributed by atoms with Gasteiger partial charge in [0.15, 0.2) is 0 Å². The molecule has 1 aromatic rings. The van der Waals surface area contributed by atoms with Crippen molar-refractivity contribution in [3.8, 4) is 0 Å². The van der Waals surface area contributed by atoms with Gasteiger partial charge in [0.2, 0.25) is 0 Å². The molecular formula is C14H21NO3. The maximum absolute atomic E-state index is 5.58. The molecule has 1 atom stereocenters. The molecule has 100 valence electrons. The van der Waals surface area contributed by atoms with Crippen LogP contribution in [-0.2, 0) is 27.4 Å². The highest BCUT2D eigenvalue weighted by molar-refractivity contribution is 5.26. The molecule has 0 saturated carbocycles. The van der Waals surface area contributed by atoms with Crippen LogP contribution in [0.4, 0.5) is 0 Å². The number of nitrogens with one attached hydrogen (secondary N) is 1. The summed E-state index contributed by atoms with van der Waals surface area (Å²) < 4.78 is 16.1. The van der Waals surface area contributed by atoms with E-state index in [1.54, 1.807) is 7.11 Å². The molecule has 4 heteroatoms. The molecule has 1 heterocycles. The van der Waals surface area contributed by atoms with Gasteiger partial charge in [-0.3, -0.25) is 0 Å². The fraction of sp³-hybridized carbons (Fsp3) is 0.571. The highest BCUT2D eigenvalue weighted by Gasteiger charge is 2.13. The van der Waals surface area contributed by atoms with E-state index in [0.717, 1.165) is 13.1 Å². The predicted octanol–water partition coefficient (Wildman–Crippen LogP) is 1.34. The van der Waals surface area contributed by atoms with E-state index in [2.05, 4.69) is 23.5 Å². The van der Waals surface area contributed by atoms with Gasteiger partial charge in [-0.25, -0.2) is 0 Å². The van der Waals surface area contributed by atoms with Crippen molar-refractivity contribution >= 4 is 0 Å². The molecule has 0 amide bonds. The van der Waals surface area contributed by atoms with Crippen molar-refractivity contribution in [2.75, 3.05) is 33.5 Å². The van der Waals surface area contributed by atoms with Gasteiger partial charge in [0.1, 0.15) is 0 Å². The first kappa shape index (κ1) is 13.5. The molecule has 1 aliphatic heterocycles. The van der Waals surface area contributed by atoms with Crippen LogP contribution in [0.25, 0.3) is 0 Å². The van der Waals surface area contributed by atoms with Gasteiger partial charge in [0.25, 0.3) is 0 Å². The van der Waals surface area contributed by atoms with Crippen LogP contribution in [-0.4, -0.2) is 39.6 Å². The number of benzene rings is 1. The van der Waals surface area contributed by atoms with Gasteiger partial charge < -0.3 is 19.5 Å². The molecule has 0 aliphatic carbocycles. The third kappa shape index (κ3) is 4.07. The summed E-state index contributed by atoms with van der Waals surface area (Å²) in [6.07, 6.45) is 0.174. The average molecular weight is 251 g/mol. The molecule has 0 aromatic heterocycles. The summed E-state index contributed by atoms with van der Waals surface area (Å²) in [4.78, 5) is 0.